The van der Waals surface area contributed by atoms with Gasteiger partial charge in [-0.05, 0) is 37.6 Å². The fourth-order valence-electron chi connectivity index (χ4n) is 3.52. The molecule has 0 radical (unpaired) electrons. The third-order valence-corrected chi connectivity index (χ3v) is 4.79. The summed E-state index contributed by atoms with van der Waals surface area (Å²) in [5, 5.41) is 8.15. The molecule has 0 spiro atoms. The Labute approximate surface area is 144 Å². The quantitative estimate of drug-likeness (QED) is 0.591. The first-order valence-electron chi connectivity index (χ1n) is 8.52. The van der Waals surface area contributed by atoms with Crippen LogP contribution in [0.5, 0.6) is 0 Å². The minimum atomic E-state index is -0.464. The summed E-state index contributed by atoms with van der Waals surface area (Å²) in [6.45, 7) is 0.884. The lowest BCUT2D eigenvalue weighted by Gasteiger charge is -2.22. The van der Waals surface area contributed by atoms with Gasteiger partial charge in [0.1, 0.15) is 0 Å². The van der Waals surface area contributed by atoms with E-state index >= 15 is 0 Å². The number of aromatic amines is 1. The number of fused-ring (bicyclic) bond motifs is 3. The van der Waals surface area contributed by atoms with Crippen molar-refractivity contribution in [3.05, 3.63) is 42.0 Å². The highest BCUT2D eigenvalue weighted by Gasteiger charge is 2.20. The molecule has 1 aromatic heterocycles. The molecule has 1 unspecified atom stereocenters. The van der Waals surface area contributed by atoms with Crippen molar-refractivity contribution in [2.45, 2.75) is 25.3 Å². The number of H-pyrrole nitrogens is 1. The number of rotatable bonds is 3. The molecule has 3 aromatic rings. The summed E-state index contributed by atoms with van der Waals surface area (Å²) in [4.78, 5) is 27.2. The molecule has 2 amide bonds. The minimum Gasteiger partial charge on any atom is -0.366 e. The normalized spacial score (nSPS) is 17.7. The van der Waals surface area contributed by atoms with Crippen molar-refractivity contribution in [2.24, 2.45) is 5.73 Å². The van der Waals surface area contributed by atoms with Crippen LogP contribution in [0.4, 0.5) is 5.69 Å². The molecule has 1 atom stereocenters. The van der Waals surface area contributed by atoms with Crippen LogP contribution >= 0.6 is 0 Å². The number of carbonyl (C=O) groups excluding carboxylic acids is 2. The lowest BCUT2D eigenvalue weighted by molar-refractivity contribution is -0.118. The summed E-state index contributed by atoms with van der Waals surface area (Å²) in [6.07, 6.45) is 3.05. The summed E-state index contributed by atoms with van der Waals surface area (Å²) in [6, 6.07) is 11.1. The summed E-state index contributed by atoms with van der Waals surface area (Å²) < 4.78 is 0. The van der Waals surface area contributed by atoms with Gasteiger partial charge in [-0.15, -0.1) is 0 Å². The maximum Gasteiger partial charge on any atom is 0.250 e. The summed E-state index contributed by atoms with van der Waals surface area (Å²) >= 11 is 0. The minimum absolute atomic E-state index is 0.00649. The van der Waals surface area contributed by atoms with E-state index in [0.717, 1.165) is 53.3 Å². The fraction of sp³-hybridized carbons (Fsp3) is 0.263. The zero-order chi connectivity index (χ0) is 17.4. The topological polar surface area (TPSA) is 100 Å². The second-order valence-electron chi connectivity index (χ2n) is 6.47. The van der Waals surface area contributed by atoms with E-state index in [1.54, 1.807) is 6.07 Å². The Morgan fingerprint density at radius 1 is 1.12 bits per heavy atom. The number of nitrogens with two attached hydrogens (primary N) is 1. The number of hydrogen-bond donors (Lipinski definition) is 4. The highest BCUT2D eigenvalue weighted by atomic mass is 16.2. The van der Waals surface area contributed by atoms with Gasteiger partial charge in [-0.25, -0.2) is 0 Å². The first-order chi connectivity index (χ1) is 12.1. The van der Waals surface area contributed by atoms with Crippen LogP contribution in [0.15, 0.2) is 36.4 Å². The fourth-order valence-corrected chi connectivity index (χ4v) is 3.52. The van der Waals surface area contributed by atoms with Gasteiger partial charge >= 0.3 is 0 Å². The van der Waals surface area contributed by atoms with E-state index in [1.165, 1.54) is 0 Å². The number of nitrogens with one attached hydrogen (secondary N) is 3. The van der Waals surface area contributed by atoms with Gasteiger partial charge in [0, 0.05) is 22.0 Å². The second kappa shape index (κ2) is 6.22. The van der Waals surface area contributed by atoms with Crippen LogP contribution in [0.1, 0.15) is 29.6 Å². The smallest absolute Gasteiger partial charge is 0.250 e. The first kappa shape index (κ1) is 15.7. The largest absolute Gasteiger partial charge is 0.366 e. The molecule has 4 rings (SSSR count). The molecular weight excluding hydrogens is 316 g/mol. The number of hydrogen-bond acceptors (Lipinski definition) is 3. The van der Waals surface area contributed by atoms with Crippen LogP contribution in [0.25, 0.3) is 21.8 Å². The Morgan fingerprint density at radius 3 is 2.76 bits per heavy atom. The van der Waals surface area contributed by atoms with Gasteiger partial charge in [0.05, 0.1) is 17.1 Å². The monoisotopic (exact) mass is 336 g/mol. The number of piperidine rings is 1. The predicted molar refractivity (Wildman–Crippen MR) is 98.6 cm³/mol. The highest BCUT2D eigenvalue weighted by molar-refractivity contribution is 6.15. The van der Waals surface area contributed by atoms with Gasteiger partial charge in [0.2, 0.25) is 5.91 Å². The highest BCUT2D eigenvalue weighted by Crippen LogP contribution is 2.29. The summed E-state index contributed by atoms with van der Waals surface area (Å²) in [7, 11) is 0. The molecular formula is C19H20N4O2. The van der Waals surface area contributed by atoms with Gasteiger partial charge in [0.15, 0.2) is 0 Å². The molecule has 2 heterocycles. The number of aromatic nitrogens is 1. The second-order valence-corrected chi connectivity index (χ2v) is 6.47. The van der Waals surface area contributed by atoms with Gasteiger partial charge in [-0.3, -0.25) is 9.59 Å². The number of benzene rings is 2. The Kier molecular flexibility index (Phi) is 3.89. The van der Waals surface area contributed by atoms with E-state index in [1.807, 2.05) is 30.3 Å². The predicted octanol–water partition coefficient (Wildman–Crippen LogP) is 2.50. The molecule has 0 saturated carbocycles. The molecule has 6 nitrogen and oxygen atoms in total. The Morgan fingerprint density at radius 2 is 2.00 bits per heavy atom. The number of para-hydroxylation sites is 1. The third kappa shape index (κ3) is 2.85. The molecule has 5 N–H and O–H groups in total. The van der Waals surface area contributed by atoms with Gasteiger partial charge in [-0.1, -0.05) is 24.6 Å². The van der Waals surface area contributed by atoms with Crippen molar-refractivity contribution in [1.82, 2.24) is 10.3 Å². The average Bonchev–Trinajstić information content (AvgIpc) is 3.00. The van der Waals surface area contributed by atoms with E-state index in [4.69, 9.17) is 5.73 Å². The van der Waals surface area contributed by atoms with E-state index < -0.39 is 5.91 Å². The molecule has 1 saturated heterocycles. The lowest BCUT2D eigenvalue weighted by Crippen LogP contribution is -2.43. The van der Waals surface area contributed by atoms with E-state index in [0.29, 0.717) is 5.56 Å². The Balaban J connectivity index is 1.68. The molecule has 0 aliphatic carbocycles. The van der Waals surface area contributed by atoms with E-state index in [9.17, 15) is 9.59 Å². The van der Waals surface area contributed by atoms with Crippen molar-refractivity contribution < 1.29 is 9.59 Å². The molecule has 2 aromatic carbocycles. The summed E-state index contributed by atoms with van der Waals surface area (Å²) in [5.41, 5.74) is 8.24. The standard InChI is InChI=1S/C19H20N4O2/c20-18(24)14-5-3-4-13-12-8-7-11(10-16(12)23-17(13)14)22-19(25)15-6-1-2-9-21-15/h3-5,7-8,10,15,21,23H,1-2,6,9H2,(H2,20,24)(H,22,25). The van der Waals surface area contributed by atoms with Gasteiger partial charge < -0.3 is 21.4 Å². The molecule has 0 bridgehead atoms. The zero-order valence-electron chi connectivity index (χ0n) is 13.8. The van der Waals surface area contributed by atoms with E-state index in [2.05, 4.69) is 15.6 Å². The van der Waals surface area contributed by atoms with Crippen LogP contribution in [-0.2, 0) is 4.79 Å². The van der Waals surface area contributed by atoms with Crippen LogP contribution in [0.3, 0.4) is 0 Å². The number of primary amides is 1. The summed E-state index contributed by atoms with van der Waals surface area (Å²) in [5.74, 6) is -0.470. The molecule has 1 aliphatic heterocycles. The maximum atomic E-state index is 12.4. The SMILES string of the molecule is NC(=O)c1cccc2c1[nH]c1cc(NC(=O)C3CCCCN3)ccc12. The van der Waals surface area contributed by atoms with Crippen LogP contribution in [0, 0.1) is 0 Å². The number of carbonyl (C=O) groups is 2. The van der Waals surface area contributed by atoms with Crippen molar-refractivity contribution in [3.63, 3.8) is 0 Å². The Bertz CT molecular complexity index is 970. The Hall–Kier alpha value is -2.86. The molecule has 25 heavy (non-hydrogen) atoms. The van der Waals surface area contributed by atoms with E-state index in [-0.39, 0.29) is 11.9 Å². The number of amides is 2. The third-order valence-electron chi connectivity index (χ3n) is 4.79. The number of anilines is 1. The van der Waals surface area contributed by atoms with Crippen LogP contribution < -0.4 is 16.4 Å². The average molecular weight is 336 g/mol. The van der Waals surface area contributed by atoms with Crippen molar-refractivity contribution in [1.29, 1.82) is 0 Å². The molecule has 1 aliphatic rings. The van der Waals surface area contributed by atoms with Crippen molar-refractivity contribution in [2.75, 3.05) is 11.9 Å². The first-order valence-corrected chi connectivity index (χ1v) is 8.52. The zero-order valence-corrected chi connectivity index (χ0v) is 13.8. The van der Waals surface area contributed by atoms with Gasteiger partial charge in [-0.2, -0.15) is 0 Å². The lowest BCUT2D eigenvalue weighted by atomic mass is 10.0. The van der Waals surface area contributed by atoms with Crippen LogP contribution in [-0.4, -0.2) is 29.4 Å². The maximum absolute atomic E-state index is 12.4. The molecule has 128 valence electrons. The van der Waals surface area contributed by atoms with Crippen molar-refractivity contribution in [3.8, 4) is 0 Å². The van der Waals surface area contributed by atoms with Gasteiger partial charge in [0.25, 0.3) is 5.91 Å². The van der Waals surface area contributed by atoms with Crippen molar-refractivity contribution >= 4 is 39.3 Å². The van der Waals surface area contributed by atoms with Crippen LogP contribution in [0.2, 0.25) is 0 Å². The molecule has 1 fully saturated rings. The molecule has 6 heteroatoms.